The minimum absolute atomic E-state index is 0.0125. The summed E-state index contributed by atoms with van der Waals surface area (Å²) in [4.78, 5) is 32.6. The summed E-state index contributed by atoms with van der Waals surface area (Å²) in [5.74, 6) is -1.86. The van der Waals surface area contributed by atoms with Crippen molar-refractivity contribution in [1.29, 1.82) is 0 Å². The minimum Gasteiger partial charge on any atom is -0.380 e. The van der Waals surface area contributed by atoms with Gasteiger partial charge in [-0.3, -0.25) is 9.59 Å². The lowest BCUT2D eigenvalue weighted by molar-refractivity contribution is -0.136. The van der Waals surface area contributed by atoms with Crippen LogP contribution in [-0.4, -0.2) is 42.1 Å². The van der Waals surface area contributed by atoms with E-state index >= 15 is 4.39 Å². The summed E-state index contributed by atoms with van der Waals surface area (Å²) >= 11 is 0. The zero-order valence-electron chi connectivity index (χ0n) is 36.2. The van der Waals surface area contributed by atoms with Gasteiger partial charge < -0.3 is 19.3 Å². The topological polar surface area (TPSA) is 93.2 Å². The predicted molar refractivity (Wildman–Crippen MR) is 248 cm³/mol. The molecule has 0 saturated heterocycles. The molecule has 2 atom stereocenters. The average Bonchev–Trinajstić information content (AvgIpc) is 3.88. The monoisotopic (exact) mass is 870 g/mol. The van der Waals surface area contributed by atoms with E-state index in [1.165, 1.54) is 32.0 Å². The quantitative estimate of drug-likeness (QED) is 0.120. The summed E-state index contributed by atoms with van der Waals surface area (Å²) < 4.78 is 46.6. The summed E-state index contributed by atoms with van der Waals surface area (Å²) in [6, 6.07) is 35.4. The normalized spacial score (nSPS) is 13.0. The number of benzene rings is 6. The summed E-state index contributed by atoms with van der Waals surface area (Å²) in [5, 5.41) is 22.7. The number of ketones is 2. The highest BCUT2D eigenvalue weighted by atomic mass is 19.1. The zero-order valence-corrected chi connectivity index (χ0v) is 36.2. The molecule has 0 spiro atoms. The van der Waals surface area contributed by atoms with Crippen molar-refractivity contribution in [2.75, 3.05) is 0 Å². The molecule has 2 aromatic heterocycles. The number of fused-ring (bicyclic) bond motifs is 2. The molecule has 0 aliphatic rings. The van der Waals surface area contributed by atoms with Gasteiger partial charge >= 0.3 is 0 Å². The van der Waals surface area contributed by atoms with E-state index in [-0.39, 0.29) is 49.1 Å². The van der Waals surface area contributed by atoms with E-state index in [4.69, 9.17) is 13.1 Å². The number of aromatic nitrogens is 2. The van der Waals surface area contributed by atoms with Crippen LogP contribution >= 0.6 is 0 Å². The van der Waals surface area contributed by atoms with E-state index in [1.807, 2.05) is 43.3 Å². The Morgan fingerprint density at radius 3 is 1.63 bits per heavy atom. The smallest absolute Gasteiger partial charge is 0.190 e. The molecule has 8 nitrogen and oxygen atoms in total. The van der Waals surface area contributed by atoms with Crippen LogP contribution < -0.4 is 0 Å². The summed E-state index contributed by atoms with van der Waals surface area (Å²) in [7, 11) is 0. The predicted octanol–water partition coefficient (Wildman–Crippen LogP) is 11.9. The second-order valence-corrected chi connectivity index (χ2v) is 16.7. The van der Waals surface area contributed by atoms with Crippen molar-refractivity contribution in [2.45, 2.75) is 64.8 Å². The maximum absolute atomic E-state index is 15.2. The average molecular weight is 871 g/mol. The fraction of sp³-hybridized carbons (Fsp3) is 0.185. The Kier molecular flexibility index (Phi) is 13.0. The van der Waals surface area contributed by atoms with E-state index in [2.05, 4.69) is 9.69 Å². The number of carbonyl (C=O) groups excluding carboxylic acids is 2. The van der Waals surface area contributed by atoms with Crippen LogP contribution in [0, 0.1) is 44.4 Å². The van der Waals surface area contributed by atoms with Gasteiger partial charge in [-0.15, -0.1) is 0 Å². The number of carbonyl (C=O) groups is 2. The fourth-order valence-corrected chi connectivity index (χ4v) is 7.91. The van der Waals surface area contributed by atoms with Gasteiger partial charge in [0.15, 0.2) is 22.9 Å². The molecule has 2 N–H and O–H groups in total. The molecule has 8 rings (SSSR count). The number of nitrogens with zero attached hydrogens (tertiary/aromatic N) is 4. The van der Waals surface area contributed by atoms with Gasteiger partial charge in [0, 0.05) is 41.6 Å². The second kappa shape index (κ2) is 18.6. The Morgan fingerprint density at radius 1 is 0.585 bits per heavy atom. The Hall–Kier alpha value is -7.57. The zero-order chi connectivity index (χ0) is 46.6. The Morgan fingerprint density at radius 2 is 1.11 bits per heavy atom. The molecule has 11 heteroatoms. The van der Waals surface area contributed by atoms with Crippen molar-refractivity contribution >= 4 is 44.7 Å². The van der Waals surface area contributed by atoms with Crippen molar-refractivity contribution < 1.29 is 33.0 Å². The van der Waals surface area contributed by atoms with Gasteiger partial charge in [0.05, 0.1) is 37.3 Å². The SMILES string of the molecule is [C-]#[N+]c1ccc(CC(=O)[C@@](C)(O)Cn2ccc3c(F)c(-c4ccccc4)ccc32)cc1C.[C-]#[N+]c1ccc(CC(=O)[C@@](C)(O)Cn2ccc3c(F)cc(-c4ccc(F)cc4)cc32)cc1C. The van der Waals surface area contributed by atoms with E-state index in [0.717, 1.165) is 22.3 Å². The summed E-state index contributed by atoms with van der Waals surface area (Å²) in [6.45, 7) is 20.8. The molecule has 0 radical (unpaired) electrons. The van der Waals surface area contributed by atoms with Crippen LogP contribution in [0.2, 0.25) is 0 Å². The van der Waals surface area contributed by atoms with Crippen LogP contribution in [0.5, 0.6) is 0 Å². The number of Topliss-reactive ketones (excluding diaryl/α,β-unsaturated/α-hetero) is 2. The number of aliphatic hydroxyl groups is 2. The largest absolute Gasteiger partial charge is 0.380 e. The molecule has 0 fully saturated rings. The molecule has 0 saturated carbocycles. The second-order valence-electron chi connectivity index (χ2n) is 16.7. The number of halogens is 3. The molecule has 326 valence electrons. The first-order valence-electron chi connectivity index (χ1n) is 20.8. The molecular formula is C54H45F3N4O4. The molecule has 2 heterocycles. The Balaban J connectivity index is 0.000000194. The molecule has 65 heavy (non-hydrogen) atoms. The first-order valence-corrected chi connectivity index (χ1v) is 20.8. The van der Waals surface area contributed by atoms with Gasteiger partial charge in [0.1, 0.15) is 28.7 Å². The molecule has 0 amide bonds. The summed E-state index contributed by atoms with van der Waals surface area (Å²) in [5.41, 5.74) is 4.45. The molecule has 0 aliphatic heterocycles. The summed E-state index contributed by atoms with van der Waals surface area (Å²) in [6.07, 6.45) is 3.40. The third-order valence-electron chi connectivity index (χ3n) is 11.6. The third kappa shape index (κ3) is 9.98. The van der Waals surface area contributed by atoms with Gasteiger partial charge in [0.2, 0.25) is 0 Å². The van der Waals surface area contributed by atoms with Crippen LogP contribution in [0.15, 0.2) is 140 Å². The van der Waals surface area contributed by atoms with Gasteiger partial charge in [-0.25, -0.2) is 22.9 Å². The third-order valence-corrected chi connectivity index (χ3v) is 11.6. The molecule has 0 aliphatic carbocycles. The lowest BCUT2D eigenvalue weighted by atomic mass is 9.94. The number of hydrogen-bond acceptors (Lipinski definition) is 4. The van der Waals surface area contributed by atoms with Crippen LogP contribution in [-0.2, 0) is 35.5 Å². The maximum Gasteiger partial charge on any atom is 0.190 e. The number of aryl methyl sites for hydroxylation is 2. The molecule has 0 unspecified atom stereocenters. The van der Waals surface area contributed by atoms with Gasteiger partial charge in [-0.1, -0.05) is 78.9 Å². The molecule has 8 aromatic rings. The lowest BCUT2D eigenvalue weighted by Crippen LogP contribution is -2.40. The minimum atomic E-state index is -1.69. The fourth-order valence-electron chi connectivity index (χ4n) is 7.91. The molecule has 6 aromatic carbocycles. The highest BCUT2D eigenvalue weighted by molar-refractivity contribution is 5.91. The van der Waals surface area contributed by atoms with Gasteiger partial charge in [-0.05, 0) is 115 Å². The number of rotatable bonds is 12. The highest BCUT2D eigenvalue weighted by Crippen LogP contribution is 2.32. The maximum atomic E-state index is 15.2. The Bertz CT molecular complexity index is 3170. The van der Waals surface area contributed by atoms with Crippen molar-refractivity contribution in [2.24, 2.45) is 0 Å². The van der Waals surface area contributed by atoms with Crippen molar-refractivity contribution in [3.63, 3.8) is 0 Å². The van der Waals surface area contributed by atoms with Gasteiger partial charge in [0.25, 0.3) is 0 Å². The first-order chi connectivity index (χ1) is 31.0. The van der Waals surface area contributed by atoms with Crippen LogP contribution in [0.1, 0.15) is 36.1 Å². The molecule has 0 bridgehead atoms. The van der Waals surface area contributed by atoms with E-state index < -0.39 is 17.0 Å². The first kappa shape index (κ1) is 45.5. The van der Waals surface area contributed by atoms with Crippen LogP contribution in [0.4, 0.5) is 24.5 Å². The van der Waals surface area contributed by atoms with Gasteiger partial charge in [-0.2, -0.15) is 0 Å². The van der Waals surface area contributed by atoms with Crippen LogP contribution in [0.3, 0.4) is 0 Å². The van der Waals surface area contributed by atoms with Crippen molar-refractivity contribution in [3.05, 3.63) is 202 Å². The highest BCUT2D eigenvalue weighted by Gasteiger charge is 2.32. The van der Waals surface area contributed by atoms with Crippen molar-refractivity contribution in [1.82, 2.24) is 9.13 Å². The van der Waals surface area contributed by atoms with E-state index in [0.29, 0.717) is 55.4 Å². The lowest BCUT2D eigenvalue weighted by Gasteiger charge is -2.23. The van der Waals surface area contributed by atoms with Crippen molar-refractivity contribution in [3.8, 4) is 22.3 Å². The number of hydrogen-bond donors (Lipinski definition) is 2. The standard InChI is InChI=1S/C27H22F2N2O2.C27H23FN2O2/c1-17-12-18(4-9-24(17)30-3)13-26(32)27(2,33)16-31-11-10-22-23(29)14-20(15-25(22)31)19-5-7-21(28)8-6-19;1-18-15-19(9-11-23(18)29-3)16-25(31)27(2,32)17-30-14-13-22-24(30)12-10-21(26(22)28)20-7-5-4-6-8-20/h4-12,14-15,33H,13,16H2,1-2H3;4-15,32H,16-17H2,1-2H3/t2*27-/m00/s1. The Labute approximate surface area is 375 Å². The van der Waals surface area contributed by atoms with E-state index in [1.54, 1.807) is 101 Å². The van der Waals surface area contributed by atoms with E-state index in [9.17, 15) is 28.6 Å². The molecular weight excluding hydrogens is 826 g/mol. The van der Waals surface area contributed by atoms with Crippen LogP contribution in [0.25, 0.3) is 53.7 Å².